The number of nitrogens with two attached hydrogens (primary N) is 1. The molecule has 96 valence electrons. The summed E-state index contributed by atoms with van der Waals surface area (Å²) in [6.45, 7) is 7.28. The maximum atomic E-state index is 5.67. The summed E-state index contributed by atoms with van der Waals surface area (Å²) in [5.74, 6) is 1.07. The minimum absolute atomic E-state index is 0.206. The second kappa shape index (κ2) is 6.77. The van der Waals surface area contributed by atoms with E-state index in [0.717, 1.165) is 6.42 Å². The molecular weight excluding hydrogens is 210 g/mol. The van der Waals surface area contributed by atoms with Gasteiger partial charge in [-0.05, 0) is 35.9 Å². The van der Waals surface area contributed by atoms with Crippen molar-refractivity contribution < 1.29 is 4.74 Å². The van der Waals surface area contributed by atoms with Gasteiger partial charge in [-0.25, -0.2) is 0 Å². The monoisotopic (exact) mass is 235 g/mol. The van der Waals surface area contributed by atoms with Gasteiger partial charge in [-0.3, -0.25) is 0 Å². The number of ether oxygens (including phenoxy) is 1. The van der Waals surface area contributed by atoms with Gasteiger partial charge in [0.2, 0.25) is 0 Å². The first-order chi connectivity index (χ1) is 8.08. The number of methoxy groups -OCH3 is 1. The minimum Gasteiger partial charge on any atom is -0.377 e. The molecule has 0 saturated heterocycles. The minimum atomic E-state index is 0.206. The van der Waals surface area contributed by atoms with Crippen molar-refractivity contribution in [3.8, 4) is 0 Å². The van der Waals surface area contributed by atoms with E-state index in [0.29, 0.717) is 18.4 Å². The van der Waals surface area contributed by atoms with Crippen LogP contribution < -0.4 is 5.73 Å². The highest BCUT2D eigenvalue weighted by Crippen LogP contribution is 2.25. The third-order valence-electron chi connectivity index (χ3n) is 3.20. The maximum absolute atomic E-state index is 5.67. The predicted molar refractivity (Wildman–Crippen MR) is 73.1 cm³/mol. The molecule has 0 saturated carbocycles. The average Bonchev–Trinajstić information content (AvgIpc) is 2.35. The maximum Gasteiger partial charge on any atom is 0.0823 e. The Bertz CT molecular complexity index is 318. The van der Waals surface area contributed by atoms with Crippen molar-refractivity contribution in [1.82, 2.24) is 0 Å². The number of benzene rings is 1. The average molecular weight is 235 g/mol. The molecule has 0 heterocycles. The van der Waals surface area contributed by atoms with Crippen molar-refractivity contribution in [1.29, 1.82) is 0 Å². The van der Waals surface area contributed by atoms with E-state index in [-0.39, 0.29) is 6.10 Å². The third-order valence-corrected chi connectivity index (χ3v) is 3.20. The molecule has 1 aromatic carbocycles. The predicted octanol–water partition coefficient (Wildman–Crippen LogP) is 3.48. The fraction of sp³-hybridized carbons (Fsp3) is 0.600. The van der Waals surface area contributed by atoms with E-state index >= 15 is 0 Å². The number of rotatable bonds is 6. The van der Waals surface area contributed by atoms with Gasteiger partial charge in [0.25, 0.3) is 0 Å². The van der Waals surface area contributed by atoms with Crippen LogP contribution in [0.15, 0.2) is 24.3 Å². The topological polar surface area (TPSA) is 35.2 Å². The van der Waals surface area contributed by atoms with E-state index in [2.05, 4.69) is 45.0 Å². The molecule has 0 fully saturated rings. The number of hydrogen-bond acceptors (Lipinski definition) is 2. The van der Waals surface area contributed by atoms with Crippen molar-refractivity contribution in [2.75, 3.05) is 13.7 Å². The lowest BCUT2D eigenvalue weighted by atomic mass is 9.95. The molecule has 0 spiro atoms. The highest BCUT2D eigenvalue weighted by Gasteiger charge is 2.12. The molecule has 17 heavy (non-hydrogen) atoms. The van der Waals surface area contributed by atoms with Gasteiger partial charge in [0.05, 0.1) is 6.10 Å². The molecule has 1 aromatic rings. The third kappa shape index (κ3) is 4.14. The van der Waals surface area contributed by atoms with Crippen LogP contribution in [0.3, 0.4) is 0 Å². The molecule has 0 aromatic heterocycles. The fourth-order valence-electron chi connectivity index (χ4n) is 1.97. The summed E-state index contributed by atoms with van der Waals surface area (Å²) in [6.07, 6.45) is 1.26. The van der Waals surface area contributed by atoms with E-state index < -0.39 is 0 Å². The van der Waals surface area contributed by atoms with Crippen molar-refractivity contribution in [2.24, 2.45) is 11.7 Å². The first-order valence-corrected chi connectivity index (χ1v) is 6.41. The van der Waals surface area contributed by atoms with Gasteiger partial charge in [-0.2, -0.15) is 0 Å². The second-order valence-corrected chi connectivity index (χ2v) is 5.16. The Morgan fingerprint density at radius 2 is 1.59 bits per heavy atom. The summed E-state index contributed by atoms with van der Waals surface area (Å²) in [4.78, 5) is 0. The van der Waals surface area contributed by atoms with Gasteiger partial charge >= 0.3 is 0 Å². The molecule has 0 unspecified atom stereocenters. The molecule has 0 aliphatic rings. The molecule has 2 heteroatoms. The Balaban J connectivity index is 2.77. The van der Waals surface area contributed by atoms with E-state index in [9.17, 15) is 0 Å². The molecule has 2 atom stereocenters. The smallest absolute Gasteiger partial charge is 0.0823 e. The second-order valence-electron chi connectivity index (χ2n) is 5.16. The Morgan fingerprint density at radius 1 is 1.06 bits per heavy atom. The van der Waals surface area contributed by atoms with Crippen LogP contribution in [-0.2, 0) is 4.74 Å². The van der Waals surface area contributed by atoms with Crippen molar-refractivity contribution in [3.05, 3.63) is 35.4 Å². The van der Waals surface area contributed by atoms with E-state index in [1.54, 1.807) is 7.11 Å². The van der Waals surface area contributed by atoms with Gasteiger partial charge in [0, 0.05) is 7.11 Å². The molecule has 1 rings (SSSR count). The first kappa shape index (κ1) is 14.2. The van der Waals surface area contributed by atoms with E-state index in [1.165, 1.54) is 11.1 Å². The molecule has 0 aliphatic carbocycles. The molecule has 0 amide bonds. The van der Waals surface area contributed by atoms with Gasteiger partial charge in [0.1, 0.15) is 0 Å². The highest BCUT2D eigenvalue weighted by molar-refractivity contribution is 5.26. The fourth-order valence-corrected chi connectivity index (χ4v) is 1.97. The zero-order valence-electron chi connectivity index (χ0n) is 11.4. The van der Waals surface area contributed by atoms with Crippen molar-refractivity contribution >= 4 is 0 Å². The normalized spacial score (nSPS) is 14.9. The summed E-state index contributed by atoms with van der Waals surface area (Å²) < 4.78 is 5.55. The van der Waals surface area contributed by atoms with Gasteiger partial charge in [-0.1, -0.05) is 45.0 Å². The first-order valence-electron chi connectivity index (χ1n) is 6.41. The Kier molecular flexibility index (Phi) is 5.66. The van der Waals surface area contributed by atoms with E-state index in [4.69, 9.17) is 10.5 Å². The Hall–Kier alpha value is -0.860. The summed E-state index contributed by atoms with van der Waals surface area (Å²) in [5, 5.41) is 0. The zero-order valence-corrected chi connectivity index (χ0v) is 11.4. The summed E-state index contributed by atoms with van der Waals surface area (Å²) in [6, 6.07) is 8.66. The van der Waals surface area contributed by atoms with Crippen LogP contribution in [-0.4, -0.2) is 13.7 Å². The molecule has 0 aliphatic heterocycles. The van der Waals surface area contributed by atoms with Crippen LogP contribution in [0.5, 0.6) is 0 Å². The van der Waals surface area contributed by atoms with Crippen LogP contribution in [0.2, 0.25) is 0 Å². The molecule has 0 radical (unpaired) electrons. The lowest BCUT2D eigenvalue weighted by Gasteiger charge is -2.19. The van der Waals surface area contributed by atoms with E-state index in [1.807, 2.05) is 0 Å². The highest BCUT2D eigenvalue weighted by atomic mass is 16.5. The lowest BCUT2D eigenvalue weighted by Crippen LogP contribution is -2.09. The molecule has 0 bridgehead atoms. The van der Waals surface area contributed by atoms with Crippen molar-refractivity contribution in [3.63, 3.8) is 0 Å². The SMILES string of the molecule is CO[C@@H](CC(C)C)c1ccc([C@H](C)CN)cc1. The largest absolute Gasteiger partial charge is 0.377 e. The number of hydrogen-bond donors (Lipinski definition) is 1. The van der Waals surface area contributed by atoms with Crippen LogP contribution in [0.1, 0.15) is 50.3 Å². The molecule has 2 N–H and O–H groups in total. The Labute approximate surface area is 105 Å². The van der Waals surface area contributed by atoms with Crippen molar-refractivity contribution in [2.45, 2.75) is 39.2 Å². The summed E-state index contributed by atoms with van der Waals surface area (Å²) in [7, 11) is 1.78. The van der Waals surface area contributed by atoms with Gasteiger partial charge in [0.15, 0.2) is 0 Å². The zero-order chi connectivity index (χ0) is 12.8. The van der Waals surface area contributed by atoms with Crippen LogP contribution in [0, 0.1) is 5.92 Å². The lowest BCUT2D eigenvalue weighted by molar-refractivity contribution is 0.0845. The summed E-state index contributed by atoms with van der Waals surface area (Å²) in [5.41, 5.74) is 8.23. The van der Waals surface area contributed by atoms with Crippen LogP contribution >= 0.6 is 0 Å². The van der Waals surface area contributed by atoms with Gasteiger partial charge in [-0.15, -0.1) is 0 Å². The quantitative estimate of drug-likeness (QED) is 0.819. The molecular formula is C15H25NO. The molecule has 2 nitrogen and oxygen atoms in total. The van der Waals surface area contributed by atoms with Crippen LogP contribution in [0.25, 0.3) is 0 Å². The van der Waals surface area contributed by atoms with Gasteiger partial charge < -0.3 is 10.5 Å². The standard InChI is InChI=1S/C15H25NO/c1-11(2)9-15(17-4)14-7-5-13(6-8-14)12(3)10-16/h5-8,11-12,15H,9-10,16H2,1-4H3/t12-,15+/m1/s1. The summed E-state index contributed by atoms with van der Waals surface area (Å²) >= 11 is 0. The Morgan fingerprint density at radius 3 is 2.00 bits per heavy atom. The van der Waals surface area contributed by atoms with Crippen LogP contribution in [0.4, 0.5) is 0 Å².